The third kappa shape index (κ3) is 31.7. The van der Waals surface area contributed by atoms with Crippen LogP contribution in [-0.2, 0) is 28.6 Å². The zero-order chi connectivity index (χ0) is 32.4. The van der Waals surface area contributed by atoms with Crippen LogP contribution in [0.1, 0.15) is 174 Å². The summed E-state index contributed by atoms with van der Waals surface area (Å²) in [7, 11) is 0. The Morgan fingerprint density at radius 3 is 1.34 bits per heavy atom. The van der Waals surface area contributed by atoms with Crippen molar-refractivity contribution in [3.05, 3.63) is 0 Å². The van der Waals surface area contributed by atoms with Gasteiger partial charge in [-0.2, -0.15) is 0 Å². The Bertz CT molecular complexity index is 661. The lowest BCUT2D eigenvalue weighted by Gasteiger charge is -2.18. The third-order valence-electron chi connectivity index (χ3n) is 8.05. The first-order valence-corrected chi connectivity index (χ1v) is 18.6. The summed E-state index contributed by atoms with van der Waals surface area (Å²) in [4.78, 5) is 37.0. The van der Waals surface area contributed by atoms with Gasteiger partial charge in [0.2, 0.25) is 0 Å². The third-order valence-corrected chi connectivity index (χ3v) is 8.05. The van der Waals surface area contributed by atoms with Crippen LogP contribution in [-0.4, -0.2) is 56.9 Å². The molecular formula is C36H71N2O6+. The predicted octanol–water partition coefficient (Wildman–Crippen LogP) is 7.30. The number of carbonyl (C=O) groups is 3. The molecule has 0 heterocycles. The fraction of sp³-hybridized carbons (Fsp3) is 0.917. The minimum Gasteiger partial charge on any atom is -0.462 e. The second-order valence-corrected chi connectivity index (χ2v) is 12.5. The average Bonchev–Trinajstić information content (AvgIpc) is 3.02. The lowest BCUT2D eigenvalue weighted by Crippen LogP contribution is -2.86. The number of ether oxygens (including phenoxy) is 3. The smallest absolute Gasteiger partial charge is 0.361 e. The van der Waals surface area contributed by atoms with Crippen LogP contribution in [0.4, 0.5) is 0 Å². The van der Waals surface area contributed by atoms with E-state index in [-0.39, 0.29) is 37.7 Å². The van der Waals surface area contributed by atoms with Crippen LogP contribution in [0.15, 0.2) is 0 Å². The summed E-state index contributed by atoms with van der Waals surface area (Å²) in [5.74, 6) is -1.02. The van der Waals surface area contributed by atoms with Crippen LogP contribution < -0.4 is 11.1 Å². The highest BCUT2D eigenvalue weighted by Gasteiger charge is 2.20. The molecule has 0 fully saturated rings. The summed E-state index contributed by atoms with van der Waals surface area (Å²) < 4.78 is 16.3. The van der Waals surface area contributed by atoms with Gasteiger partial charge in [-0.1, -0.05) is 142 Å². The van der Waals surface area contributed by atoms with E-state index in [0.29, 0.717) is 19.4 Å². The molecule has 0 saturated heterocycles. The van der Waals surface area contributed by atoms with E-state index in [2.05, 4.69) is 13.8 Å². The first kappa shape index (κ1) is 42.3. The number of hydrogen-bond donors (Lipinski definition) is 2. The highest BCUT2D eigenvalue weighted by molar-refractivity contribution is 5.71. The molecule has 0 amide bonds. The standard InChI is InChI=1S/C36H70N2O6/c1-3-5-7-9-11-13-15-17-19-21-23-26-34(39)42-31-33(32-43-36(41)30-38-29-25-28-37)44-35(40)27-24-22-20-18-16-14-12-10-8-6-4-2/h33,38H,3-32,37H2,1-2H3/p+1. The highest BCUT2D eigenvalue weighted by Crippen LogP contribution is 2.14. The first-order chi connectivity index (χ1) is 21.5. The topological polar surface area (TPSA) is 122 Å². The van der Waals surface area contributed by atoms with Crippen molar-refractivity contribution >= 4 is 17.9 Å². The number of nitrogens with two attached hydrogens (primary N) is 2. The second-order valence-electron chi connectivity index (χ2n) is 12.5. The van der Waals surface area contributed by atoms with Crippen LogP contribution in [0.5, 0.6) is 0 Å². The molecule has 0 radical (unpaired) electrons. The molecular weight excluding hydrogens is 556 g/mol. The minimum atomic E-state index is -0.788. The van der Waals surface area contributed by atoms with Crippen LogP contribution in [0.3, 0.4) is 0 Å². The summed E-state index contributed by atoms with van der Waals surface area (Å²) in [6, 6.07) is 0. The molecule has 0 spiro atoms. The van der Waals surface area contributed by atoms with Gasteiger partial charge in [-0.25, -0.2) is 4.79 Å². The van der Waals surface area contributed by atoms with Gasteiger partial charge < -0.3 is 25.3 Å². The summed E-state index contributed by atoms with van der Waals surface area (Å²) in [5.41, 5.74) is 5.49. The first-order valence-electron chi connectivity index (χ1n) is 18.6. The van der Waals surface area contributed by atoms with E-state index in [0.717, 1.165) is 51.5 Å². The average molecular weight is 628 g/mol. The van der Waals surface area contributed by atoms with Crippen molar-refractivity contribution in [2.45, 2.75) is 180 Å². The van der Waals surface area contributed by atoms with Crippen molar-refractivity contribution in [2.75, 3.05) is 32.8 Å². The Kier molecular flexibility index (Phi) is 32.9. The quantitative estimate of drug-likeness (QED) is 0.0436. The monoisotopic (exact) mass is 628 g/mol. The van der Waals surface area contributed by atoms with Crippen molar-refractivity contribution in [3.63, 3.8) is 0 Å². The van der Waals surface area contributed by atoms with Gasteiger partial charge in [0.25, 0.3) is 0 Å². The molecule has 0 rings (SSSR count). The van der Waals surface area contributed by atoms with Gasteiger partial charge in [0.1, 0.15) is 13.2 Å². The fourth-order valence-electron chi connectivity index (χ4n) is 5.21. The SMILES string of the molecule is CCCCCCCCCCCCCC(=O)OCC(COC(=O)C[NH2+]CCCN)OC(=O)CCCCCCCCCCCCC. The molecule has 1 atom stereocenters. The molecule has 0 bridgehead atoms. The molecule has 0 aromatic carbocycles. The van der Waals surface area contributed by atoms with Gasteiger partial charge in [-0.3, -0.25) is 9.59 Å². The molecule has 1 unspecified atom stereocenters. The zero-order valence-corrected chi connectivity index (χ0v) is 28.9. The molecule has 0 aliphatic carbocycles. The summed E-state index contributed by atoms with van der Waals surface area (Å²) in [6.45, 7) is 5.79. The Morgan fingerprint density at radius 2 is 0.909 bits per heavy atom. The van der Waals surface area contributed by atoms with Crippen molar-refractivity contribution in [2.24, 2.45) is 5.73 Å². The van der Waals surface area contributed by atoms with Crippen LogP contribution in [0, 0.1) is 0 Å². The zero-order valence-electron chi connectivity index (χ0n) is 28.9. The van der Waals surface area contributed by atoms with Crippen molar-refractivity contribution in [1.82, 2.24) is 0 Å². The highest BCUT2D eigenvalue weighted by atomic mass is 16.6. The Labute approximate surface area is 270 Å². The lowest BCUT2D eigenvalue weighted by molar-refractivity contribution is -0.645. The number of unbranched alkanes of at least 4 members (excludes halogenated alkanes) is 20. The van der Waals surface area contributed by atoms with Crippen molar-refractivity contribution in [3.8, 4) is 0 Å². The largest absolute Gasteiger partial charge is 0.462 e. The summed E-state index contributed by atoms with van der Waals surface area (Å²) in [5, 5.41) is 1.84. The predicted molar refractivity (Wildman–Crippen MR) is 179 cm³/mol. The molecule has 4 N–H and O–H groups in total. The molecule has 260 valence electrons. The Hall–Kier alpha value is -1.67. The van der Waals surface area contributed by atoms with Crippen LogP contribution in [0.2, 0.25) is 0 Å². The molecule has 0 aliphatic heterocycles. The van der Waals surface area contributed by atoms with Crippen molar-refractivity contribution in [1.29, 1.82) is 0 Å². The maximum Gasteiger partial charge on any atom is 0.361 e. The van der Waals surface area contributed by atoms with E-state index in [1.165, 1.54) is 103 Å². The van der Waals surface area contributed by atoms with Crippen molar-refractivity contribution < 1.29 is 33.9 Å². The molecule has 0 aromatic heterocycles. The number of hydrogen-bond acceptors (Lipinski definition) is 7. The van der Waals surface area contributed by atoms with E-state index < -0.39 is 6.10 Å². The van der Waals surface area contributed by atoms with E-state index in [1.807, 2.05) is 5.32 Å². The van der Waals surface area contributed by atoms with Gasteiger partial charge in [0, 0.05) is 19.3 Å². The fourth-order valence-corrected chi connectivity index (χ4v) is 5.21. The molecule has 0 aliphatic rings. The van der Waals surface area contributed by atoms with Gasteiger partial charge in [0.15, 0.2) is 12.6 Å². The maximum absolute atomic E-state index is 12.5. The van der Waals surface area contributed by atoms with E-state index in [1.54, 1.807) is 0 Å². The number of quaternary nitrogens is 1. The van der Waals surface area contributed by atoms with E-state index >= 15 is 0 Å². The molecule has 8 nitrogen and oxygen atoms in total. The number of rotatable bonds is 34. The maximum atomic E-state index is 12.5. The molecule has 44 heavy (non-hydrogen) atoms. The molecule has 0 aromatic rings. The summed E-state index contributed by atoms with van der Waals surface area (Å²) in [6.07, 6.45) is 27.4. The van der Waals surface area contributed by atoms with Gasteiger partial charge in [-0.15, -0.1) is 0 Å². The van der Waals surface area contributed by atoms with Crippen LogP contribution in [0.25, 0.3) is 0 Å². The second kappa shape index (κ2) is 34.2. The summed E-state index contributed by atoms with van der Waals surface area (Å²) >= 11 is 0. The Balaban J connectivity index is 4.23. The Morgan fingerprint density at radius 1 is 0.523 bits per heavy atom. The van der Waals surface area contributed by atoms with Gasteiger partial charge in [0.05, 0.1) is 6.54 Å². The van der Waals surface area contributed by atoms with E-state index in [9.17, 15) is 14.4 Å². The minimum absolute atomic E-state index is 0.0922. The normalized spacial score (nSPS) is 11.8. The van der Waals surface area contributed by atoms with Crippen LogP contribution >= 0.6 is 0 Å². The van der Waals surface area contributed by atoms with Gasteiger partial charge >= 0.3 is 17.9 Å². The van der Waals surface area contributed by atoms with Gasteiger partial charge in [-0.05, 0) is 19.4 Å². The molecule has 0 saturated carbocycles. The number of esters is 3. The molecule has 8 heteroatoms. The number of carbonyl (C=O) groups excluding carboxylic acids is 3. The lowest BCUT2D eigenvalue weighted by atomic mass is 10.1. The van der Waals surface area contributed by atoms with E-state index in [4.69, 9.17) is 19.9 Å².